The van der Waals surface area contributed by atoms with Crippen LogP contribution in [-0.2, 0) is 17.4 Å². The summed E-state index contributed by atoms with van der Waals surface area (Å²) >= 11 is 0. The van der Waals surface area contributed by atoms with Crippen LogP contribution in [-0.4, -0.2) is 22.1 Å². The highest BCUT2D eigenvalue weighted by molar-refractivity contribution is 5.83. The Balaban J connectivity index is 2.05. The molecule has 2 N–H and O–H groups in total. The number of halogens is 3. The second-order valence-electron chi connectivity index (χ2n) is 5.81. The normalized spacial score (nSPS) is 19.2. The number of carbonyl (C=O) groups excluding carboxylic acids is 1. The third-order valence-electron chi connectivity index (χ3n) is 3.92. The summed E-state index contributed by atoms with van der Waals surface area (Å²) < 4.78 is 39.5. The van der Waals surface area contributed by atoms with Crippen molar-refractivity contribution in [2.75, 3.05) is 0 Å². The second kappa shape index (κ2) is 6.14. The van der Waals surface area contributed by atoms with Crippen LogP contribution in [0.25, 0.3) is 11.6 Å². The largest absolute Gasteiger partial charge is 0.433 e. The number of fused-ring (bicyclic) bond motifs is 1. The number of rotatable bonds is 2. The zero-order valence-corrected chi connectivity index (χ0v) is 12.9. The van der Waals surface area contributed by atoms with Crippen molar-refractivity contribution in [3.8, 4) is 0 Å². The third-order valence-corrected chi connectivity index (χ3v) is 3.92. The first-order valence-corrected chi connectivity index (χ1v) is 7.52. The number of aromatic amines is 1. The van der Waals surface area contributed by atoms with Gasteiger partial charge < -0.3 is 5.32 Å². The maximum atomic E-state index is 13.2. The minimum absolute atomic E-state index is 0.104. The number of benzene rings is 1. The van der Waals surface area contributed by atoms with Gasteiger partial charge in [0.2, 0.25) is 5.91 Å². The van der Waals surface area contributed by atoms with Crippen LogP contribution in [0.1, 0.15) is 35.9 Å². The Kier molecular flexibility index (Phi) is 4.17. The number of aromatic nitrogens is 2. The van der Waals surface area contributed by atoms with E-state index in [4.69, 9.17) is 0 Å². The Labute approximate surface area is 136 Å². The molecule has 7 heteroatoms. The fourth-order valence-electron chi connectivity index (χ4n) is 3.01. The summed E-state index contributed by atoms with van der Waals surface area (Å²) in [6.07, 6.45) is -2.15. The predicted octanol–water partition coefficient (Wildman–Crippen LogP) is 3.42. The zero-order valence-electron chi connectivity index (χ0n) is 12.9. The van der Waals surface area contributed by atoms with Gasteiger partial charge in [-0.15, -0.1) is 0 Å². The van der Waals surface area contributed by atoms with Crippen molar-refractivity contribution in [2.24, 2.45) is 0 Å². The molecule has 1 aromatic carbocycles. The van der Waals surface area contributed by atoms with E-state index >= 15 is 0 Å². The maximum absolute atomic E-state index is 13.2. The van der Waals surface area contributed by atoms with Crippen LogP contribution in [0.3, 0.4) is 0 Å². The third kappa shape index (κ3) is 3.34. The van der Waals surface area contributed by atoms with Crippen molar-refractivity contribution in [1.29, 1.82) is 0 Å². The van der Waals surface area contributed by atoms with E-state index in [9.17, 15) is 18.0 Å². The molecule has 126 valence electrons. The number of hydrogen-bond donors (Lipinski definition) is 2. The molecule has 0 saturated heterocycles. The van der Waals surface area contributed by atoms with Gasteiger partial charge in [-0.25, -0.2) is 0 Å². The molecule has 0 saturated carbocycles. The fourth-order valence-corrected chi connectivity index (χ4v) is 3.01. The number of nitrogens with zero attached hydrogens (tertiary/aromatic N) is 1. The van der Waals surface area contributed by atoms with Crippen LogP contribution in [0.4, 0.5) is 13.2 Å². The minimum Gasteiger partial charge on any atom is -0.353 e. The Morgan fingerprint density at radius 1 is 1.29 bits per heavy atom. The van der Waals surface area contributed by atoms with Crippen LogP contribution in [0.2, 0.25) is 0 Å². The lowest BCUT2D eigenvalue weighted by molar-refractivity contribution is -0.141. The van der Waals surface area contributed by atoms with Crippen LogP contribution in [0.15, 0.2) is 30.3 Å². The average Bonchev–Trinajstić information content (AvgIpc) is 2.92. The Morgan fingerprint density at radius 3 is 2.62 bits per heavy atom. The molecule has 0 radical (unpaired) electrons. The lowest BCUT2D eigenvalue weighted by Gasteiger charge is -2.25. The maximum Gasteiger partial charge on any atom is 0.433 e. The lowest BCUT2D eigenvalue weighted by Crippen LogP contribution is -2.37. The molecule has 2 aromatic rings. The summed E-state index contributed by atoms with van der Waals surface area (Å²) in [4.78, 5) is 11.3. The zero-order chi connectivity index (χ0) is 17.3. The van der Waals surface area contributed by atoms with Gasteiger partial charge in [0.05, 0.1) is 5.69 Å². The molecule has 0 aliphatic heterocycles. The van der Waals surface area contributed by atoms with Crippen molar-refractivity contribution in [1.82, 2.24) is 15.5 Å². The van der Waals surface area contributed by atoms with Crippen molar-refractivity contribution < 1.29 is 18.0 Å². The topological polar surface area (TPSA) is 57.8 Å². The molecule has 0 fully saturated rings. The van der Waals surface area contributed by atoms with E-state index in [0.717, 1.165) is 5.56 Å². The van der Waals surface area contributed by atoms with Crippen molar-refractivity contribution in [3.05, 3.63) is 52.8 Å². The molecule has 1 aromatic heterocycles. The lowest BCUT2D eigenvalue weighted by atomic mass is 9.86. The van der Waals surface area contributed by atoms with Gasteiger partial charge in [-0.2, -0.15) is 18.3 Å². The SMILES string of the molecule is CC(=O)NC1CC(=Cc2ccccc2)c2n[nH]c(C(F)(F)F)c2C1. The second-order valence-corrected chi connectivity index (χ2v) is 5.81. The van der Waals surface area contributed by atoms with Gasteiger partial charge >= 0.3 is 6.18 Å². The summed E-state index contributed by atoms with van der Waals surface area (Å²) in [5, 5.41) is 8.72. The molecule has 0 spiro atoms. The molecule has 1 unspecified atom stereocenters. The predicted molar refractivity (Wildman–Crippen MR) is 83.8 cm³/mol. The fraction of sp³-hybridized carbons (Fsp3) is 0.294. The molecule has 1 atom stereocenters. The van der Waals surface area contributed by atoms with Gasteiger partial charge in [0.25, 0.3) is 0 Å². The van der Waals surface area contributed by atoms with E-state index < -0.39 is 11.9 Å². The Morgan fingerprint density at radius 2 is 2.00 bits per heavy atom. The summed E-state index contributed by atoms with van der Waals surface area (Å²) in [5.74, 6) is -0.264. The number of amides is 1. The summed E-state index contributed by atoms with van der Waals surface area (Å²) in [6, 6.07) is 8.92. The first-order valence-electron chi connectivity index (χ1n) is 7.52. The molecule has 1 aliphatic rings. The van der Waals surface area contributed by atoms with Crippen LogP contribution in [0, 0.1) is 0 Å². The van der Waals surface area contributed by atoms with E-state index in [1.54, 1.807) is 0 Å². The summed E-state index contributed by atoms with van der Waals surface area (Å²) in [5.41, 5.74) is 1.14. The Hall–Kier alpha value is -2.57. The van der Waals surface area contributed by atoms with Gasteiger partial charge in [0, 0.05) is 18.5 Å². The number of hydrogen-bond acceptors (Lipinski definition) is 2. The first kappa shape index (κ1) is 16.3. The highest BCUT2D eigenvalue weighted by Gasteiger charge is 2.40. The number of carbonyl (C=O) groups is 1. The first-order chi connectivity index (χ1) is 11.3. The standard InChI is InChI=1S/C17H16F3N3O/c1-10(24)21-13-8-12(7-11-5-3-2-4-6-11)15-14(9-13)16(23-22-15)17(18,19)20/h2-7,13H,8-9H2,1H3,(H,21,24)(H,22,23). The molecule has 1 amide bonds. The molecule has 0 bridgehead atoms. The van der Waals surface area contributed by atoms with Gasteiger partial charge in [-0.05, 0) is 30.1 Å². The van der Waals surface area contributed by atoms with Gasteiger partial charge in [-0.3, -0.25) is 9.89 Å². The smallest absolute Gasteiger partial charge is 0.353 e. The molecular weight excluding hydrogens is 319 g/mol. The van der Waals surface area contributed by atoms with Gasteiger partial charge in [0.15, 0.2) is 0 Å². The van der Waals surface area contributed by atoms with E-state index in [1.807, 2.05) is 36.4 Å². The molecule has 1 heterocycles. The van der Waals surface area contributed by atoms with Crippen molar-refractivity contribution in [3.63, 3.8) is 0 Å². The van der Waals surface area contributed by atoms with E-state index in [0.29, 0.717) is 17.7 Å². The Bertz CT molecular complexity index is 778. The highest BCUT2D eigenvalue weighted by atomic mass is 19.4. The van der Waals surface area contributed by atoms with Crippen molar-refractivity contribution >= 4 is 17.6 Å². The molecule has 4 nitrogen and oxygen atoms in total. The average molecular weight is 335 g/mol. The monoisotopic (exact) mass is 335 g/mol. The number of alkyl halides is 3. The molecule has 1 aliphatic carbocycles. The summed E-state index contributed by atoms with van der Waals surface area (Å²) in [6.45, 7) is 1.36. The quantitative estimate of drug-likeness (QED) is 0.883. The highest BCUT2D eigenvalue weighted by Crippen LogP contribution is 2.39. The van der Waals surface area contributed by atoms with E-state index in [-0.39, 0.29) is 23.9 Å². The van der Waals surface area contributed by atoms with Gasteiger partial charge in [0.1, 0.15) is 5.69 Å². The minimum atomic E-state index is -4.50. The van der Waals surface area contributed by atoms with E-state index in [2.05, 4.69) is 15.5 Å². The molecule has 3 rings (SSSR count). The van der Waals surface area contributed by atoms with Crippen molar-refractivity contribution in [2.45, 2.75) is 32.0 Å². The van der Waals surface area contributed by atoms with Crippen LogP contribution in [0.5, 0.6) is 0 Å². The van der Waals surface area contributed by atoms with Crippen LogP contribution < -0.4 is 5.32 Å². The molecule has 24 heavy (non-hydrogen) atoms. The number of H-pyrrole nitrogens is 1. The van der Waals surface area contributed by atoms with E-state index in [1.165, 1.54) is 6.92 Å². The van der Waals surface area contributed by atoms with Crippen LogP contribution >= 0.6 is 0 Å². The molecular formula is C17H16F3N3O. The number of nitrogens with one attached hydrogen (secondary N) is 2. The summed E-state index contributed by atoms with van der Waals surface area (Å²) in [7, 11) is 0. The van der Waals surface area contributed by atoms with Gasteiger partial charge in [-0.1, -0.05) is 30.3 Å².